The lowest BCUT2D eigenvalue weighted by molar-refractivity contribution is -0.110. The largest absolute Gasteiger partial charge is 0.768 e. The van der Waals surface area contributed by atoms with Crippen molar-refractivity contribution in [1.82, 2.24) is 0 Å². The first-order chi connectivity index (χ1) is 10.1. The van der Waals surface area contributed by atoms with Crippen LogP contribution in [0.25, 0.3) is 0 Å². The van der Waals surface area contributed by atoms with Crippen LogP contribution in [0.1, 0.15) is 5.56 Å². The highest BCUT2D eigenvalue weighted by molar-refractivity contribution is 8.01. The van der Waals surface area contributed by atoms with E-state index in [1.54, 1.807) is 24.3 Å². The van der Waals surface area contributed by atoms with E-state index in [4.69, 9.17) is 0 Å². The van der Waals surface area contributed by atoms with Crippen molar-refractivity contribution in [2.75, 3.05) is 4.72 Å². The minimum absolute atomic E-state index is 0.0295. The Hall–Kier alpha value is -1.83. The lowest BCUT2D eigenvalue weighted by Crippen LogP contribution is -2.17. The summed E-state index contributed by atoms with van der Waals surface area (Å²) >= 11 is -2.29. The first-order valence-corrected chi connectivity index (χ1v) is 8.23. The molecule has 2 aromatic carbocycles. The highest BCUT2D eigenvalue weighted by Gasteiger charge is 2.12. The standard InChI is InChI=1S/C14H13NO4S2/c16-14(20(17)15-12-4-2-1-3-5-12)10-11-6-8-13(9-7-11)21(18)19/h1-9,15H,10H2,(H,18,19)/p-1. The number of carbonyl (C=O) groups is 1. The zero-order valence-electron chi connectivity index (χ0n) is 10.9. The molecule has 2 rings (SSSR count). The molecule has 0 saturated heterocycles. The minimum atomic E-state index is -2.29. The molecule has 0 radical (unpaired) electrons. The maximum Gasteiger partial charge on any atom is 0.243 e. The number of hydrogen-bond donors (Lipinski definition) is 1. The van der Waals surface area contributed by atoms with Gasteiger partial charge >= 0.3 is 0 Å². The molecule has 0 heterocycles. The molecule has 7 heteroatoms. The normalized spacial score (nSPS) is 13.4. The van der Waals surface area contributed by atoms with Crippen LogP contribution >= 0.6 is 0 Å². The van der Waals surface area contributed by atoms with Gasteiger partial charge in [0, 0.05) is 17.0 Å². The van der Waals surface area contributed by atoms with E-state index in [-0.39, 0.29) is 11.3 Å². The molecule has 1 N–H and O–H groups in total. The number of para-hydroxylation sites is 1. The van der Waals surface area contributed by atoms with Gasteiger partial charge in [-0.2, -0.15) is 0 Å². The summed E-state index contributed by atoms with van der Waals surface area (Å²) in [6.07, 6.45) is -0.0295. The zero-order valence-corrected chi connectivity index (χ0v) is 12.5. The third-order valence-electron chi connectivity index (χ3n) is 2.66. The summed E-state index contributed by atoms with van der Waals surface area (Å²) in [6, 6.07) is 14.6. The molecular formula is C14H12NO4S2-. The summed E-state index contributed by atoms with van der Waals surface area (Å²) < 4.78 is 35.9. The van der Waals surface area contributed by atoms with E-state index in [1.165, 1.54) is 24.3 Å². The summed E-state index contributed by atoms with van der Waals surface area (Å²) in [5, 5.41) is -0.477. The van der Waals surface area contributed by atoms with Crippen LogP contribution in [0.15, 0.2) is 59.5 Å². The predicted molar refractivity (Wildman–Crippen MR) is 80.5 cm³/mol. The average molecular weight is 322 g/mol. The van der Waals surface area contributed by atoms with Crippen LogP contribution in [0.4, 0.5) is 5.69 Å². The third-order valence-corrected chi connectivity index (χ3v) is 4.29. The Morgan fingerprint density at radius 3 is 2.19 bits per heavy atom. The first-order valence-electron chi connectivity index (χ1n) is 6.01. The van der Waals surface area contributed by atoms with Gasteiger partial charge in [0.1, 0.15) is 0 Å². The van der Waals surface area contributed by atoms with Crippen LogP contribution in [0.3, 0.4) is 0 Å². The van der Waals surface area contributed by atoms with E-state index in [0.717, 1.165) is 0 Å². The van der Waals surface area contributed by atoms with Gasteiger partial charge in [-0.3, -0.25) is 13.7 Å². The van der Waals surface area contributed by atoms with E-state index < -0.39 is 27.2 Å². The van der Waals surface area contributed by atoms with Gasteiger partial charge < -0.3 is 4.55 Å². The van der Waals surface area contributed by atoms with E-state index in [1.807, 2.05) is 6.07 Å². The summed E-state index contributed by atoms with van der Waals surface area (Å²) in [5.74, 6) is 0. The number of hydrogen-bond acceptors (Lipinski definition) is 4. The molecule has 0 aliphatic rings. The average Bonchev–Trinajstić information content (AvgIpc) is 2.48. The molecule has 110 valence electrons. The molecule has 0 spiro atoms. The summed E-state index contributed by atoms with van der Waals surface area (Å²) in [4.78, 5) is 12.0. The van der Waals surface area contributed by atoms with Crippen molar-refractivity contribution in [2.24, 2.45) is 0 Å². The molecule has 2 unspecified atom stereocenters. The Morgan fingerprint density at radius 2 is 1.62 bits per heavy atom. The van der Waals surface area contributed by atoms with Crippen LogP contribution in [0.2, 0.25) is 0 Å². The Balaban J connectivity index is 1.97. The van der Waals surface area contributed by atoms with Gasteiger partial charge in [0.05, 0.1) is 0 Å². The summed E-state index contributed by atoms with van der Waals surface area (Å²) in [6.45, 7) is 0. The van der Waals surface area contributed by atoms with E-state index in [9.17, 15) is 17.8 Å². The van der Waals surface area contributed by atoms with Crippen molar-refractivity contribution in [2.45, 2.75) is 11.3 Å². The fourth-order valence-electron chi connectivity index (χ4n) is 1.62. The molecule has 0 aliphatic heterocycles. The SMILES string of the molecule is O=C(Cc1ccc(S(=O)[O-])cc1)S(=O)Nc1ccccc1. The van der Waals surface area contributed by atoms with E-state index in [2.05, 4.69) is 4.72 Å². The predicted octanol–water partition coefficient (Wildman–Crippen LogP) is 1.77. The van der Waals surface area contributed by atoms with E-state index >= 15 is 0 Å². The molecule has 21 heavy (non-hydrogen) atoms. The Kier molecular flexibility index (Phi) is 5.38. The van der Waals surface area contributed by atoms with Gasteiger partial charge in [0.25, 0.3) is 0 Å². The maximum atomic E-state index is 11.9. The quantitative estimate of drug-likeness (QED) is 0.850. The van der Waals surface area contributed by atoms with Crippen molar-refractivity contribution < 1.29 is 17.8 Å². The second kappa shape index (κ2) is 7.26. The molecular weight excluding hydrogens is 310 g/mol. The molecule has 0 saturated carbocycles. The Labute approximate surface area is 127 Å². The van der Waals surface area contributed by atoms with Crippen molar-refractivity contribution in [1.29, 1.82) is 0 Å². The number of carbonyl (C=O) groups excluding carboxylic acids is 1. The van der Waals surface area contributed by atoms with Crippen molar-refractivity contribution >= 4 is 32.9 Å². The fourth-order valence-corrected chi connectivity index (χ4v) is 2.74. The van der Waals surface area contributed by atoms with Crippen LogP contribution < -0.4 is 4.72 Å². The molecule has 0 aliphatic carbocycles. The molecule has 0 fully saturated rings. The minimum Gasteiger partial charge on any atom is -0.768 e. The lowest BCUT2D eigenvalue weighted by atomic mass is 10.2. The maximum absolute atomic E-state index is 11.9. The summed E-state index contributed by atoms with van der Waals surface area (Å²) in [7, 11) is -1.84. The van der Waals surface area contributed by atoms with E-state index in [0.29, 0.717) is 11.3 Å². The number of benzene rings is 2. The van der Waals surface area contributed by atoms with Gasteiger partial charge in [-0.05, 0) is 40.9 Å². The van der Waals surface area contributed by atoms with Crippen LogP contribution in [-0.4, -0.2) is 18.1 Å². The summed E-state index contributed by atoms with van der Waals surface area (Å²) in [5.41, 5.74) is 1.21. The molecule has 2 aromatic rings. The Morgan fingerprint density at radius 1 is 1.00 bits per heavy atom. The molecule has 5 nitrogen and oxygen atoms in total. The van der Waals surface area contributed by atoms with Gasteiger partial charge in [-0.15, -0.1) is 0 Å². The molecule has 2 atom stereocenters. The highest BCUT2D eigenvalue weighted by Crippen LogP contribution is 2.11. The van der Waals surface area contributed by atoms with Crippen molar-refractivity contribution in [3.8, 4) is 0 Å². The monoisotopic (exact) mass is 322 g/mol. The molecule has 0 bridgehead atoms. The van der Waals surface area contributed by atoms with Gasteiger partial charge in [0.2, 0.25) is 5.12 Å². The van der Waals surface area contributed by atoms with Gasteiger partial charge in [0.15, 0.2) is 11.0 Å². The van der Waals surface area contributed by atoms with Gasteiger partial charge in [-0.25, -0.2) is 4.21 Å². The van der Waals surface area contributed by atoms with Crippen LogP contribution in [-0.2, 0) is 33.3 Å². The fraction of sp³-hybridized carbons (Fsp3) is 0.0714. The lowest BCUT2D eigenvalue weighted by Gasteiger charge is -2.07. The first kappa shape index (κ1) is 15.6. The second-order valence-electron chi connectivity index (χ2n) is 4.16. The number of anilines is 1. The smallest absolute Gasteiger partial charge is 0.243 e. The Bertz CT molecular complexity index is 671. The van der Waals surface area contributed by atoms with Crippen LogP contribution in [0.5, 0.6) is 0 Å². The number of rotatable bonds is 5. The van der Waals surface area contributed by atoms with Gasteiger partial charge in [-0.1, -0.05) is 30.3 Å². The number of nitrogens with one attached hydrogen (secondary N) is 1. The second-order valence-corrected chi connectivity index (χ2v) is 6.30. The van der Waals surface area contributed by atoms with Crippen LogP contribution in [0, 0.1) is 0 Å². The zero-order chi connectivity index (χ0) is 15.2. The third kappa shape index (κ3) is 4.59. The molecule has 0 aromatic heterocycles. The topological polar surface area (TPSA) is 86.3 Å². The highest BCUT2D eigenvalue weighted by atomic mass is 32.2. The molecule has 0 amide bonds. The van der Waals surface area contributed by atoms with Crippen molar-refractivity contribution in [3.63, 3.8) is 0 Å². The van der Waals surface area contributed by atoms with Crippen molar-refractivity contribution in [3.05, 3.63) is 60.2 Å².